The molecule has 2 aromatic carbocycles. The van der Waals surface area contributed by atoms with Crippen molar-refractivity contribution in [3.8, 4) is 0 Å². The molecule has 2 rings (SSSR count). The zero-order chi connectivity index (χ0) is 14.5. The molecule has 2 aromatic rings. The van der Waals surface area contributed by atoms with Crippen molar-refractivity contribution in [1.82, 2.24) is 5.48 Å². The van der Waals surface area contributed by atoms with Gasteiger partial charge in [0.05, 0.1) is 0 Å². The molecule has 0 aliphatic heterocycles. The van der Waals surface area contributed by atoms with Crippen LogP contribution in [-0.4, -0.2) is 17.0 Å². The molecular formula is C15H14N2O3. The molecule has 0 aromatic heterocycles. The van der Waals surface area contributed by atoms with Crippen LogP contribution in [0, 0.1) is 6.92 Å². The lowest BCUT2D eigenvalue weighted by atomic mass is 10.1. The molecule has 2 amide bonds. The van der Waals surface area contributed by atoms with Gasteiger partial charge in [-0.1, -0.05) is 24.3 Å². The second kappa shape index (κ2) is 5.99. The minimum Gasteiger partial charge on any atom is -0.322 e. The number of hydrogen-bond acceptors (Lipinski definition) is 3. The van der Waals surface area contributed by atoms with Crippen molar-refractivity contribution in [2.45, 2.75) is 6.92 Å². The van der Waals surface area contributed by atoms with E-state index in [1.807, 2.05) is 13.0 Å². The largest absolute Gasteiger partial charge is 0.322 e. The highest BCUT2D eigenvalue weighted by atomic mass is 16.5. The third kappa shape index (κ3) is 3.02. The number of hydrogen-bond donors (Lipinski definition) is 3. The monoisotopic (exact) mass is 270 g/mol. The van der Waals surface area contributed by atoms with Crippen LogP contribution in [0.25, 0.3) is 0 Å². The lowest BCUT2D eigenvalue weighted by Gasteiger charge is -2.10. The van der Waals surface area contributed by atoms with Crippen molar-refractivity contribution in [3.05, 3.63) is 65.2 Å². The number of hydroxylamine groups is 1. The summed E-state index contributed by atoms with van der Waals surface area (Å²) in [6, 6.07) is 13.6. The van der Waals surface area contributed by atoms with Gasteiger partial charge in [0.25, 0.3) is 11.8 Å². The molecular weight excluding hydrogens is 256 g/mol. The van der Waals surface area contributed by atoms with Crippen molar-refractivity contribution >= 4 is 17.5 Å². The van der Waals surface area contributed by atoms with Crippen LogP contribution >= 0.6 is 0 Å². The number of nitrogens with one attached hydrogen (secondary N) is 2. The summed E-state index contributed by atoms with van der Waals surface area (Å²) in [6.07, 6.45) is 0. The van der Waals surface area contributed by atoms with Gasteiger partial charge in [0.1, 0.15) is 0 Å². The number of amides is 2. The van der Waals surface area contributed by atoms with Gasteiger partial charge >= 0.3 is 0 Å². The minimum atomic E-state index is -0.625. The van der Waals surface area contributed by atoms with Gasteiger partial charge < -0.3 is 5.32 Å². The number of rotatable bonds is 3. The maximum atomic E-state index is 12.1. The Kier molecular flexibility index (Phi) is 4.12. The Bertz CT molecular complexity index is 639. The Hall–Kier alpha value is -2.66. The lowest BCUT2D eigenvalue weighted by molar-refractivity contribution is 0.0706. The van der Waals surface area contributed by atoms with Gasteiger partial charge in [-0.2, -0.15) is 0 Å². The molecule has 0 unspecified atom stereocenters. The average molecular weight is 270 g/mol. The predicted octanol–water partition coefficient (Wildman–Crippen LogP) is 2.37. The fourth-order valence-electron chi connectivity index (χ4n) is 1.75. The van der Waals surface area contributed by atoms with Crippen LogP contribution in [0.2, 0.25) is 0 Å². The summed E-state index contributed by atoms with van der Waals surface area (Å²) in [4.78, 5) is 23.4. The number of aryl methyl sites for hydroxylation is 1. The fraction of sp³-hybridized carbons (Fsp3) is 0.0667. The molecule has 0 saturated carbocycles. The summed E-state index contributed by atoms with van der Waals surface area (Å²) >= 11 is 0. The highest BCUT2D eigenvalue weighted by Crippen LogP contribution is 2.18. The molecule has 0 radical (unpaired) electrons. The third-order valence-electron chi connectivity index (χ3n) is 2.89. The van der Waals surface area contributed by atoms with Crippen molar-refractivity contribution in [1.29, 1.82) is 0 Å². The smallest absolute Gasteiger partial charge is 0.274 e. The summed E-state index contributed by atoms with van der Waals surface area (Å²) in [7, 11) is 0. The van der Waals surface area contributed by atoms with Gasteiger partial charge in [0.15, 0.2) is 0 Å². The van der Waals surface area contributed by atoms with Crippen LogP contribution in [0.1, 0.15) is 26.3 Å². The van der Waals surface area contributed by atoms with E-state index in [2.05, 4.69) is 5.32 Å². The van der Waals surface area contributed by atoms with Gasteiger partial charge in [-0.3, -0.25) is 14.8 Å². The van der Waals surface area contributed by atoms with Crippen molar-refractivity contribution in [2.24, 2.45) is 0 Å². The van der Waals surface area contributed by atoms with E-state index < -0.39 is 5.91 Å². The first-order valence-corrected chi connectivity index (χ1v) is 6.03. The Morgan fingerprint density at radius 2 is 1.65 bits per heavy atom. The predicted molar refractivity (Wildman–Crippen MR) is 74.8 cm³/mol. The molecule has 0 spiro atoms. The molecule has 0 saturated heterocycles. The van der Waals surface area contributed by atoms with E-state index in [0.717, 1.165) is 5.56 Å². The Morgan fingerprint density at radius 3 is 2.30 bits per heavy atom. The van der Waals surface area contributed by atoms with Crippen LogP contribution in [0.3, 0.4) is 0 Å². The molecule has 20 heavy (non-hydrogen) atoms. The molecule has 0 fully saturated rings. The van der Waals surface area contributed by atoms with E-state index in [1.165, 1.54) is 6.07 Å². The Labute approximate surface area is 116 Å². The highest BCUT2D eigenvalue weighted by Gasteiger charge is 2.10. The molecule has 5 nitrogen and oxygen atoms in total. The van der Waals surface area contributed by atoms with Gasteiger partial charge in [-0.15, -0.1) is 0 Å². The van der Waals surface area contributed by atoms with E-state index >= 15 is 0 Å². The third-order valence-corrected chi connectivity index (χ3v) is 2.89. The highest BCUT2D eigenvalue weighted by molar-refractivity contribution is 6.05. The molecule has 5 heteroatoms. The SMILES string of the molecule is Cc1ccc(C(=O)NO)cc1NC(=O)c1ccccc1. The molecule has 102 valence electrons. The standard InChI is InChI=1S/C15H14N2O3/c1-10-7-8-12(15(19)17-20)9-13(10)16-14(18)11-5-3-2-4-6-11/h2-9,20H,1H3,(H,16,18)(H,17,19). The molecule has 0 aliphatic carbocycles. The second-order valence-electron chi connectivity index (χ2n) is 4.29. The van der Waals surface area contributed by atoms with Crippen LogP contribution in [-0.2, 0) is 0 Å². The number of benzene rings is 2. The number of anilines is 1. The summed E-state index contributed by atoms with van der Waals surface area (Å²) < 4.78 is 0. The summed E-state index contributed by atoms with van der Waals surface area (Å²) in [6.45, 7) is 1.82. The molecule has 0 aliphatic rings. The zero-order valence-corrected chi connectivity index (χ0v) is 10.9. The van der Waals surface area contributed by atoms with E-state index in [-0.39, 0.29) is 11.5 Å². The van der Waals surface area contributed by atoms with Crippen molar-refractivity contribution in [3.63, 3.8) is 0 Å². The van der Waals surface area contributed by atoms with Gasteiger partial charge in [-0.05, 0) is 36.8 Å². The van der Waals surface area contributed by atoms with Crippen molar-refractivity contribution in [2.75, 3.05) is 5.32 Å². The summed E-state index contributed by atoms with van der Waals surface area (Å²) in [5.74, 6) is -0.879. The fourth-order valence-corrected chi connectivity index (χ4v) is 1.75. The zero-order valence-electron chi connectivity index (χ0n) is 10.9. The van der Waals surface area contributed by atoms with E-state index in [4.69, 9.17) is 5.21 Å². The molecule has 0 heterocycles. The van der Waals surface area contributed by atoms with Crippen LogP contribution in [0.5, 0.6) is 0 Å². The van der Waals surface area contributed by atoms with Gasteiger partial charge in [-0.25, -0.2) is 5.48 Å². The van der Waals surface area contributed by atoms with Gasteiger partial charge in [0, 0.05) is 16.8 Å². The first-order chi connectivity index (χ1) is 9.61. The minimum absolute atomic E-state index is 0.254. The average Bonchev–Trinajstić information content (AvgIpc) is 2.49. The van der Waals surface area contributed by atoms with E-state index in [9.17, 15) is 9.59 Å². The molecule has 0 bridgehead atoms. The molecule has 0 atom stereocenters. The summed E-state index contributed by atoms with van der Waals surface area (Å²) in [5.41, 5.74) is 3.71. The Balaban J connectivity index is 2.25. The maximum absolute atomic E-state index is 12.1. The van der Waals surface area contributed by atoms with Crippen LogP contribution in [0.15, 0.2) is 48.5 Å². The van der Waals surface area contributed by atoms with E-state index in [0.29, 0.717) is 11.3 Å². The van der Waals surface area contributed by atoms with Gasteiger partial charge in [0.2, 0.25) is 0 Å². The number of carbonyl (C=O) groups excluding carboxylic acids is 2. The Morgan fingerprint density at radius 1 is 0.950 bits per heavy atom. The van der Waals surface area contributed by atoms with Crippen molar-refractivity contribution < 1.29 is 14.8 Å². The number of carbonyl (C=O) groups is 2. The topological polar surface area (TPSA) is 78.4 Å². The lowest BCUT2D eigenvalue weighted by Crippen LogP contribution is -2.19. The first-order valence-electron chi connectivity index (χ1n) is 6.03. The first kappa shape index (κ1) is 13.8. The second-order valence-corrected chi connectivity index (χ2v) is 4.29. The molecule has 3 N–H and O–H groups in total. The van der Waals surface area contributed by atoms with E-state index in [1.54, 1.807) is 41.9 Å². The quantitative estimate of drug-likeness (QED) is 0.592. The summed E-state index contributed by atoms with van der Waals surface area (Å²) in [5, 5.41) is 11.4. The normalized spacial score (nSPS) is 9.90. The van der Waals surface area contributed by atoms with Crippen LogP contribution in [0.4, 0.5) is 5.69 Å². The maximum Gasteiger partial charge on any atom is 0.274 e. The van der Waals surface area contributed by atoms with Crippen LogP contribution < -0.4 is 10.8 Å².